The summed E-state index contributed by atoms with van der Waals surface area (Å²) >= 11 is 0. The minimum Gasteiger partial charge on any atom is -0.347 e. The van der Waals surface area contributed by atoms with Gasteiger partial charge in [-0.25, -0.2) is 0 Å². The Morgan fingerprint density at radius 2 is 1.95 bits per heavy atom. The lowest BCUT2D eigenvalue weighted by molar-refractivity contribution is -0.116. The number of nitrogens with one attached hydrogen (secondary N) is 1. The van der Waals surface area contributed by atoms with E-state index in [2.05, 4.69) is 36.3 Å². The van der Waals surface area contributed by atoms with Gasteiger partial charge in [-0.2, -0.15) is 0 Å². The van der Waals surface area contributed by atoms with Gasteiger partial charge in [0.1, 0.15) is 0 Å². The van der Waals surface area contributed by atoms with Crippen LogP contribution in [-0.2, 0) is 11.3 Å². The third-order valence-electron chi connectivity index (χ3n) is 3.20. The topological polar surface area (TPSA) is 42.0 Å². The number of amides is 1. The van der Waals surface area contributed by atoms with Crippen LogP contribution in [0.25, 0.3) is 6.08 Å². The van der Waals surface area contributed by atoms with Crippen LogP contribution < -0.4 is 5.32 Å². The first-order valence-electron chi connectivity index (χ1n) is 7.11. The molecule has 0 saturated heterocycles. The predicted molar refractivity (Wildman–Crippen MR) is 85.6 cm³/mol. The molecular weight excluding hydrogens is 260 g/mol. The van der Waals surface area contributed by atoms with Crippen LogP contribution in [0.2, 0.25) is 0 Å². The van der Waals surface area contributed by atoms with Crippen LogP contribution in [0.4, 0.5) is 0 Å². The first kappa shape index (κ1) is 15.0. The number of pyridine rings is 1. The van der Waals surface area contributed by atoms with Crippen molar-refractivity contribution < 1.29 is 4.79 Å². The molecule has 0 radical (unpaired) electrons. The summed E-state index contributed by atoms with van der Waals surface area (Å²) in [5.74, 6) is 0.401. The zero-order valence-electron chi connectivity index (χ0n) is 12.4. The second-order valence-corrected chi connectivity index (χ2v) is 5.19. The van der Waals surface area contributed by atoms with Gasteiger partial charge >= 0.3 is 0 Å². The van der Waals surface area contributed by atoms with Gasteiger partial charge in [0.25, 0.3) is 0 Å². The first-order chi connectivity index (χ1) is 10.1. The van der Waals surface area contributed by atoms with Crippen LogP contribution in [0, 0.1) is 0 Å². The van der Waals surface area contributed by atoms with Gasteiger partial charge in [0.2, 0.25) is 5.91 Å². The molecule has 108 valence electrons. The molecule has 0 aliphatic carbocycles. The van der Waals surface area contributed by atoms with Gasteiger partial charge in [-0.15, -0.1) is 0 Å². The fourth-order valence-corrected chi connectivity index (χ4v) is 1.90. The van der Waals surface area contributed by atoms with Gasteiger partial charge in [0, 0.05) is 12.3 Å². The molecule has 0 bridgehead atoms. The molecule has 0 fully saturated rings. The molecular formula is C18H20N2O. The maximum absolute atomic E-state index is 11.7. The predicted octanol–water partition coefficient (Wildman–Crippen LogP) is 3.53. The summed E-state index contributed by atoms with van der Waals surface area (Å²) in [5.41, 5.74) is 3.17. The largest absolute Gasteiger partial charge is 0.347 e. The van der Waals surface area contributed by atoms with Crippen molar-refractivity contribution in [2.24, 2.45) is 0 Å². The van der Waals surface area contributed by atoms with Gasteiger partial charge in [-0.3, -0.25) is 9.78 Å². The van der Waals surface area contributed by atoms with E-state index in [1.165, 1.54) is 5.56 Å². The van der Waals surface area contributed by atoms with Crippen molar-refractivity contribution in [3.63, 3.8) is 0 Å². The molecule has 0 aliphatic heterocycles. The standard InChI is InChI=1S/C18H20N2O/c1-14(2)16-9-6-15(7-10-16)8-11-18(21)20-13-17-5-3-4-12-19-17/h3-12,14H,13H2,1-2H3,(H,20,21)/b11-8+. The summed E-state index contributed by atoms with van der Waals surface area (Å²) in [5, 5.41) is 2.81. The summed E-state index contributed by atoms with van der Waals surface area (Å²) in [6.45, 7) is 4.77. The second kappa shape index (κ2) is 7.39. The lowest BCUT2D eigenvalue weighted by Gasteiger charge is -2.04. The first-order valence-corrected chi connectivity index (χ1v) is 7.11. The van der Waals surface area contributed by atoms with Crippen molar-refractivity contribution in [2.45, 2.75) is 26.3 Å². The van der Waals surface area contributed by atoms with Crippen LogP contribution >= 0.6 is 0 Å². The van der Waals surface area contributed by atoms with E-state index in [4.69, 9.17) is 0 Å². The van der Waals surface area contributed by atoms with Crippen molar-refractivity contribution in [1.29, 1.82) is 0 Å². The zero-order chi connectivity index (χ0) is 15.1. The van der Waals surface area contributed by atoms with Gasteiger partial charge in [0.05, 0.1) is 12.2 Å². The zero-order valence-corrected chi connectivity index (χ0v) is 12.4. The van der Waals surface area contributed by atoms with Crippen molar-refractivity contribution >= 4 is 12.0 Å². The average Bonchev–Trinajstić information content (AvgIpc) is 2.52. The normalized spacial score (nSPS) is 11.0. The molecule has 1 aromatic carbocycles. The maximum atomic E-state index is 11.7. The quantitative estimate of drug-likeness (QED) is 0.851. The molecule has 3 heteroatoms. The average molecular weight is 280 g/mol. The molecule has 0 saturated carbocycles. The Balaban J connectivity index is 1.87. The molecule has 1 heterocycles. The number of carbonyl (C=O) groups is 1. The van der Waals surface area contributed by atoms with E-state index in [1.54, 1.807) is 12.3 Å². The van der Waals surface area contributed by atoms with Gasteiger partial charge < -0.3 is 5.32 Å². The van der Waals surface area contributed by atoms with Crippen LogP contribution in [0.3, 0.4) is 0 Å². The number of rotatable bonds is 5. The lowest BCUT2D eigenvalue weighted by Crippen LogP contribution is -2.20. The number of carbonyl (C=O) groups excluding carboxylic acids is 1. The highest BCUT2D eigenvalue weighted by Crippen LogP contribution is 2.15. The summed E-state index contributed by atoms with van der Waals surface area (Å²) < 4.78 is 0. The van der Waals surface area contributed by atoms with E-state index in [-0.39, 0.29) is 5.91 Å². The molecule has 0 unspecified atom stereocenters. The van der Waals surface area contributed by atoms with Crippen LogP contribution in [-0.4, -0.2) is 10.9 Å². The summed E-state index contributed by atoms with van der Waals surface area (Å²) in [4.78, 5) is 15.9. The Morgan fingerprint density at radius 1 is 1.19 bits per heavy atom. The number of aromatic nitrogens is 1. The highest BCUT2D eigenvalue weighted by molar-refractivity contribution is 5.91. The van der Waals surface area contributed by atoms with E-state index in [0.717, 1.165) is 11.3 Å². The van der Waals surface area contributed by atoms with Gasteiger partial charge in [-0.05, 0) is 35.3 Å². The maximum Gasteiger partial charge on any atom is 0.244 e. The molecule has 0 atom stereocenters. The minimum absolute atomic E-state index is 0.117. The second-order valence-electron chi connectivity index (χ2n) is 5.19. The third kappa shape index (κ3) is 4.88. The summed E-state index contributed by atoms with van der Waals surface area (Å²) in [6, 6.07) is 13.9. The van der Waals surface area contributed by atoms with Crippen molar-refractivity contribution in [3.8, 4) is 0 Å². The van der Waals surface area contributed by atoms with Crippen LogP contribution in [0.1, 0.15) is 36.6 Å². The van der Waals surface area contributed by atoms with Crippen LogP contribution in [0.15, 0.2) is 54.7 Å². The van der Waals surface area contributed by atoms with E-state index >= 15 is 0 Å². The Labute approximate surface area is 125 Å². The minimum atomic E-state index is -0.117. The monoisotopic (exact) mass is 280 g/mol. The molecule has 1 N–H and O–H groups in total. The Kier molecular flexibility index (Phi) is 5.27. The van der Waals surface area contributed by atoms with Gasteiger partial charge in [0.15, 0.2) is 0 Å². The van der Waals surface area contributed by atoms with E-state index < -0.39 is 0 Å². The van der Waals surface area contributed by atoms with Crippen molar-refractivity contribution in [1.82, 2.24) is 10.3 Å². The smallest absolute Gasteiger partial charge is 0.244 e. The molecule has 1 aromatic heterocycles. The molecule has 1 amide bonds. The summed E-state index contributed by atoms with van der Waals surface area (Å²) in [7, 11) is 0. The molecule has 2 aromatic rings. The highest BCUT2D eigenvalue weighted by atomic mass is 16.1. The number of nitrogens with zero attached hydrogens (tertiary/aromatic N) is 1. The SMILES string of the molecule is CC(C)c1ccc(/C=C/C(=O)NCc2ccccn2)cc1. The third-order valence-corrected chi connectivity index (χ3v) is 3.20. The molecule has 0 aliphatic rings. The molecule has 21 heavy (non-hydrogen) atoms. The number of benzene rings is 1. The number of hydrogen-bond donors (Lipinski definition) is 1. The fourth-order valence-electron chi connectivity index (χ4n) is 1.90. The lowest BCUT2D eigenvalue weighted by atomic mass is 10.0. The Bertz CT molecular complexity index is 601. The van der Waals surface area contributed by atoms with E-state index in [0.29, 0.717) is 12.5 Å². The Morgan fingerprint density at radius 3 is 2.57 bits per heavy atom. The highest BCUT2D eigenvalue weighted by Gasteiger charge is 1.99. The summed E-state index contributed by atoms with van der Waals surface area (Å²) in [6.07, 6.45) is 5.08. The van der Waals surface area contributed by atoms with Crippen LogP contribution in [0.5, 0.6) is 0 Å². The van der Waals surface area contributed by atoms with Crippen molar-refractivity contribution in [2.75, 3.05) is 0 Å². The molecule has 3 nitrogen and oxygen atoms in total. The van der Waals surface area contributed by atoms with Crippen molar-refractivity contribution in [3.05, 3.63) is 71.6 Å². The van der Waals surface area contributed by atoms with Gasteiger partial charge in [-0.1, -0.05) is 44.2 Å². The Hall–Kier alpha value is -2.42. The van der Waals surface area contributed by atoms with E-state index in [1.807, 2.05) is 36.4 Å². The molecule has 2 rings (SSSR count). The van der Waals surface area contributed by atoms with E-state index in [9.17, 15) is 4.79 Å². The number of hydrogen-bond acceptors (Lipinski definition) is 2. The molecule has 0 spiro atoms. The fraction of sp³-hybridized carbons (Fsp3) is 0.222.